The van der Waals surface area contributed by atoms with Crippen LogP contribution in [0, 0.1) is 5.92 Å². The Hall–Kier alpha value is -0.870. The number of piperazine rings is 1. The Bertz CT molecular complexity index is 424. The fourth-order valence-corrected chi connectivity index (χ4v) is 3.24. The molecule has 2 atom stereocenters. The van der Waals surface area contributed by atoms with E-state index in [-0.39, 0.29) is 0 Å². The van der Waals surface area contributed by atoms with Crippen LogP contribution in [-0.2, 0) is 6.54 Å². The molecule has 2 heterocycles. The molecule has 2 rings (SSSR count). The van der Waals surface area contributed by atoms with Gasteiger partial charge in [-0.25, -0.2) is 0 Å². The van der Waals surface area contributed by atoms with E-state index in [4.69, 9.17) is 5.10 Å². The first-order valence-corrected chi connectivity index (χ1v) is 8.52. The van der Waals surface area contributed by atoms with E-state index in [0.29, 0.717) is 24.0 Å². The van der Waals surface area contributed by atoms with Gasteiger partial charge in [0.05, 0.1) is 5.69 Å². The summed E-state index contributed by atoms with van der Waals surface area (Å²) in [6.07, 6.45) is 4.62. The summed E-state index contributed by atoms with van der Waals surface area (Å²) < 4.78 is 2.06. The van der Waals surface area contributed by atoms with E-state index in [2.05, 4.69) is 61.8 Å². The molecule has 120 valence electrons. The molecule has 1 aliphatic rings. The van der Waals surface area contributed by atoms with E-state index in [1.54, 1.807) is 0 Å². The molecule has 1 aromatic heterocycles. The average Bonchev–Trinajstić information content (AvgIpc) is 2.88. The van der Waals surface area contributed by atoms with Crippen molar-refractivity contribution in [3.8, 4) is 0 Å². The average molecular weight is 292 g/mol. The zero-order valence-electron chi connectivity index (χ0n) is 14.3. The lowest BCUT2D eigenvalue weighted by atomic mass is 9.97. The van der Waals surface area contributed by atoms with Crippen LogP contribution in [0.1, 0.15) is 59.2 Å². The Morgan fingerprint density at radius 1 is 1.33 bits per heavy atom. The normalized spacial score (nSPS) is 24.1. The van der Waals surface area contributed by atoms with Crippen molar-refractivity contribution in [2.24, 2.45) is 5.92 Å². The second-order valence-corrected chi connectivity index (χ2v) is 7.02. The summed E-state index contributed by atoms with van der Waals surface area (Å²) >= 11 is 0. The molecule has 0 spiro atoms. The zero-order valence-corrected chi connectivity index (χ0v) is 14.3. The third-order valence-electron chi connectivity index (χ3n) is 4.50. The lowest BCUT2D eigenvalue weighted by Gasteiger charge is -2.42. The summed E-state index contributed by atoms with van der Waals surface area (Å²) in [6, 6.07) is 3.86. The Labute approximate surface area is 129 Å². The fourth-order valence-electron chi connectivity index (χ4n) is 3.24. The molecule has 1 aromatic rings. The van der Waals surface area contributed by atoms with Crippen LogP contribution < -0.4 is 5.32 Å². The Kier molecular flexibility index (Phi) is 5.82. The number of hydrogen-bond acceptors (Lipinski definition) is 3. The van der Waals surface area contributed by atoms with Gasteiger partial charge in [-0.3, -0.25) is 9.58 Å². The molecular formula is C17H32N4. The Morgan fingerprint density at radius 3 is 2.67 bits per heavy atom. The second-order valence-electron chi connectivity index (χ2n) is 7.02. The molecule has 21 heavy (non-hydrogen) atoms. The first kappa shape index (κ1) is 16.5. The Balaban J connectivity index is 2.04. The summed E-state index contributed by atoms with van der Waals surface area (Å²) in [4.78, 5) is 2.63. The van der Waals surface area contributed by atoms with Crippen molar-refractivity contribution in [2.75, 3.05) is 13.1 Å². The first-order valence-electron chi connectivity index (χ1n) is 8.52. The highest BCUT2D eigenvalue weighted by molar-refractivity contribution is 5.01. The molecule has 1 fully saturated rings. The fraction of sp³-hybridized carbons (Fsp3) is 0.824. The highest BCUT2D eigenvalue weighted by Crippen LogP contribution is 2.19. The maximum absolute atomic E-state index is 4.72. The van der Waals surface area contributed by atoms with E-state index < -0.39 is 0 Å². The third kappa shape index (κ3) is 4.30. The summed E-state index contributed by atoms with van der Waals surface area (Å²) in [6.45, 7) is 14.5. The highest BCUT2D eigenvalue weighted by atomic mass is 15.3. The van der Waals surface area contributed by atoms with E-state index >= 15 is 0 Å². The van der Waals surface area contributed by atoms with E-state index in [1.165, 1.54) is 18.5 Å². The molecule has 1 N–H and O–H groups in total. The molecule has 0 bridgehead atoms. The van der Waals surface area contributed by atoms with Crippen LogP contribution in [0.3, 0.4) is 0 Å². The van der Waals surface area contributed by atoms with Crippen molar-refractivity contribution in [3.05, 3.63) is 18.0 Å². The molecular weight excluding hydrogens is 260 g/mol. The predicted octanol–water partition coefficient (Wildman–Crippen LogP) is 3.06. The van der Waals surface area contributed by atoms with Gasteiger partial charge in [0.15, 0.2) is 0 Å². The SMILES string of the molecule is CCCC1CN(Cc2ccn(C(C)C)n2)C(C(C)C)CN1. The van der Waals surface area contributed by atoms with Crippen molar-refractivity contribution in [2.45, 2.75) is 72.1 Å². The van der Waals surface area contributed by atoms with Crippen LogP contribution in [0.2, 0.25) is 0 Å². The van der Waals surface area contributed by atoms with Crippen LogP contribution >= 0.6 is 0 Å². The molecule has 2 unspecified atom stereocenters. The molecule has 4 heteroatoms. The number of nitrogens with zero attached hydrogens (tertiary/aromatic N) is 3. The molecule has 0 amide bonds. The van der Waals surface area contributed by atoms with Crippen LogP contribution in [0.25, 0.3) is 0 Å². The Morgan fingerprint density at radius 2 is 2.10 bits per heavy atom. The summed E-state index contributed by atoms with van der Waals surface area (Å²) in [5.41, 5.74) is 1.20. The molecule has 0 aromatic carbocycles. The maximum atomic E-state index is 4.72. The van der Waals surface area contributed by atoms with Gasteiger partial charge in [0.2, 0.25) is 0 Å². The molecule has 4 nitrogen and oxygen atoms in total. The van der Waals surface area contributed by atoms with Crippen molar-refractivity contribution in [3.63, 3.8) is 0 Å². The molecule has 0 aliphatic carbocycles. The largest absolute Gasteiger partial charge is 0.311 e. The minimum atomic E-state index is 0.440. The second kappa shape index (κ2) is 7.41. The van der Waals surface area contributed by atoms with Gasteiger partial charge in [-0.05, 0) is 32.3 Å². The molecule has 0 radical (unpaired) electrons. The van der Waals surface area contributed by atoms with Crippen molar-refractivity contribution >= 4 is 0 Å². The van der Waals surface area contributed by atoms with Gasteiger partial charge in [-0.2, -0.15) is 5.10 Å². The van der Waals surface area contributed by atoms with Crippen LogP contribution in [0.15, 0.2) is 12.3 Å². The van der Waals surface area contributed by atoms with E-state index in [1.807, 2.05) is 0 Å². The summed E-state index contributed by atoms with van der Waals surface area (Å²) in [7, 11) is 0. The predicted molar refractivity (Wildman–Crippen MR) is 88.3 cm³/mol. The lowest BCUT2D eigenvalue weighted by Crippen LogP contribution is -2.57. The van der Waals surface area contributed by atoms with Gasteiger partial charge in [-0.1, -0.05) is 27.2 Å². The van der Waals surface area contributed by atoms with Gasteiger partial charge < -0.3 is 5.32 Å². The molecule has 1 aliphatic heterocycles. The molecule has 0 saturated carbocycles. The van der Waals surface area contributed by atoms with E-state index in [9.17, 15) is 0 Å². The van der Waals surface area contributed by atoms with Gasteiger partial charge in [0, 0.05) is 44.0 Å². The minimum absolute atomic E-state index is 0.440. The number of rotatable bonds is 6. The smallest absolute Gasteiger partial charge is 0.0765 e. The monoisotopic (exact) mass is 292 g/mol. The van der Waals surface area contributed by atoms with Crippen molar-refractivity contribution in [1.29, 1.82) is 0 Å². The lowest BCUT2D eigenvalue weighted by molar-refractivity contribution is 0.0870. The van der Waals surface area contributed by atoms with Crippen LogP contribution in [0.5, 0.6) is 0 Å². The summed E-state index contributed by atoms with van der Waals surface area (Å²) in [5, 5.41) is 8.45. The maximum Gasteiger partial charge on any atom is 0.0765 e. The van der Waals surface area contributed by atoms with Gasteiger partial charge in [0.25, 0.3) is 0 Å². The van der Waals surface area contributed by atoms with Gasteiger partial charge in [0.1, 0.15) is 0 Å². The highest BCUT2D eigenvalue weighted by Gasteiger charge is 2.29. The first-order chi connectivity index (χ1) is 10.0. The van der Waals surface area contributed by atoms with E-state index in [0.717, 1.165) is 19.6 Å². The number of aromatic nitrogens is 2. The molecule has 1 saturated heterocycles. The van der Waals surface area contributed by atoms with Crippen molar-refractivity contribution in [1.82, 2.24) is 20.0 Å². The van der Waals surface area contributed by atoms with Crippen molar-refractivity contribution < 1.29 is 0 Å². The van der Waals surface area contributed by atoms with Crippen LogP contribution in [-0.4, -0.2) is 39.9 Å². The third-order valence-corrected chi connectivity index (χ3v) is 4.50. The minimum Gasteiger partial charge on any atom is -0.311 e. The van der Waals surface area contributed by atoms with Crippen LogP contribution in [0.4, 0.5) is 0 Å². The topological polar surface area (TPSA) is 33.1 Å². The van der Waals surface area contributed by atoms with Gasteiger partial charge >= 0.3 is 0 Å². The number of nitrogens with one attached hydrogen (secondary N) is 1. The number of hydrogen-bond donors (Lipinski definition) is 1. The quantitative estimate of drug-likeness (QED) is 0.875. The van der Waals surface area contributed by atoms with Gasteiger partial charge in [-0.15, -0.1) is 0 Å². The summed E-state index contributed by atoms with van der Waals surface area (Å²) in [5.74, 6) is 0.673. The standard InChI is InChI=1S/C17H32N4/c1-6-7-15-11-20(17(10-18-15)13(2)3)12-16-8-9-21(19-16)14(4)5/h8-9,13-15,17-18H,6-7,10-12H2,1-5H3. The zero-order chi connectivity index (χ0) is 15.4.